The van der Waals surface area contributed by atoms with Gasteiger partial charge in [0, 0.05) is 44.5 Å². The first-order valence-corrected chi connectivity index (χ1v) is 19.4. The normalized spacial score (nSPS) is 16.9. The summed E-state index contributed by atoms with van der Waals surface area (Å²) in [5.41, 5.74) is -3.83. The summed E-state index contributed by atoms with van der Waals surface area (Å²) in [5.74, 6) is -1.17. The average Bonchev–Trinajstić information content (AvgIpc) is 3.08. The van der Waals surface area contributed by atoms with Crippen LogP contribution >= 0.6 is 0 Å². The van der Waals surface area contributed by atoms with E-state index in [-0.39, 0.29) is 72.6 Å². The molecule has 0 radical (unpaired) electrons. The van der Waals surface area contributed by atoms with Crippen LogP contribution in [0, 0.1) is 11.8 Å². The molecule has 1 heterocycles. The van der Waals surface area contributed by atoms with Gasteiger partial charge < -0.3 is 19.6 Å². The quantitative estimate of drug-likeness (QED) is 0.143. The third-order valence-corrected chi connectivity index (χ3v) is 10.2. The zero-order valence-electron chi connectivity index (χ0n) is 29.9. The first-order chi connectivity index (χ1) is 25.5. The van der Waals surface area contributed by atoms with Crippen LogP contribution in [0.2, 0.25) is 0 Å². The maximum absolute atomic E-state index is 14.1. The van der Waals surface area contributed by atoms with E-state index in [1.165, 1.54) is 11.0 Å². The van der Waals surface area contributed by atoms with E-state index in [1.54, 1.807) is 0 Å². The van der Waals surface area contributed by atoms with Gasteiger partial charge in [0.2, 0.25) is 5.95 Å². The molecule has 1 saturated carbocycles. The van der Waals surface area contributed by atoms with Crippen LogP contribution in [-0.4, -0.2) is 67.7 Å². The predicted octanol–water partition coefficient (Wildman–Crippen LogP) is 8.31. The standard InChI is InChI=1S/C36H41F9N4O5S/c1-3-48(21-24-6-4-23(5-7-24)16-32(50)51)31-9-8-27(34(37,38)39)17-26(31)22-49(33-46-19-30(20-47-33)54-12-13-55(2,52)53)11-10-25-14-28(35(40,41)42)18-29(15-25)36(43,44)45/h8-9,14-15,17-20,23-24H,3-7,10-13,16,21-22H2,1-2H3,(H,50,51). The fraction of sp³-hybridized carbons (Fsp3) is 0.528. The minimum atomic E-state index is -5.10. The number of nitrogens with zero attached hydrogens (tertiary/aromatic N) is 4. The number of aliphatic carboxylic acids is 1. The Hall–Kier alpha value is -4.29. The van der Waals surface area contributed by atoms with E-state index >= 15 is 0 Å². The van der Waals surface area contributed by atoms with Crippen molar-refractivity contribution in [1.82, 2.24) is 9.97 Å². The highest BCUT2D eigenvalue weighted by molar-refractivity contribution is 7.90. The molecule has 0 atom stereocenters. The van der Waals surface area contributed by atoms with Crippen molar-refractivity contribution in [1.29, 1.82) is 0 Å². The van der Waals surface area contributed by atoms with Crippen LogP contribution in [0.3, 0.4) is 0 Å². The highest BCUT2D eigenvalue weighted by Gasteiger charge is 2.37. The lowest BCUT2D eigenvalue weighted by Gasteiger charge is -2.35. The summed E-state index contributed by atoms with van der Waals surface area (Å²) in [6.07, 6.45) is -9.22. The van der Waals surface area contributed by atoms with E-state index in [9.17, 15) is 57.8 Å². The highest BCUT2D eigenvalue weighted by Crippen LogP contribution is 2.38. The lowest BCUT2D eigenvalue weighted by molar-refractivity contribution is -0.143. The van der Waals surface area contributed by atoms with Crippen LogP contribution in [0.5, 0.6) is 5.75 Å². The molecule has 0 bridgehead atoms. The fourth-order valence-electron chi connectivity index (χ4n) is 6.51. The molecule has 1 fully saturated rings. The van der Waals surface area contributed by atoms with Crippen molar-refractivity contribution in [3.63, 3.8) is 0 Å². The molecular weight excluding hydrogens is 771 g/mol. The van der Waals surface area contributed by atoms with Gasteiger partial charge in [-0.1, -0.05) is 0 Å². The molecule has 2 aromatic carbocycles. The molecule has 19 heteroatoms. The first kappa shape index (κ1) is 43.4. The van der Waals surface area contributed by atoms with Crippen molar-refractivity contribution in [3.8, 4) is 5.75 Å². The van der Waals surface area contributed by atoms with Gasteiger partial charge in [0.05, 0.1) is 34.8 Å². The molecule has 9 nitrogen and oxygen atoms in total. The van der Waals surface area contributed by atoms with E-state index < -0.39 is 57.4 Å². The smallest absolute Gasteiger partial charge is 0.416 e. The van der Waals surface area contributed by atoms with E-state index in [2.05, 4.69) is 9.97 Å². The van der Waals surface area contributed by atoms with Crippen LogP contribution in [0.25, 0.3) is 0 Å². The zero-order chi connectivity index (χ0) is 40.8. The van der Waals surface area contributed by atoms with Gasteiger partial charge in [-0.05, 0) is 98.4 Å². The second kappa shape index (κ2) is 17.7. The van der Waals surface area contributed by atoms with Crippen LogP contribution in [0.4, 0.5) is 51.1 Å². The minimum Gasteiger partial charge on any atom is -0.489 e. The number of benzene rings is 2. The Kier molecular flexibility index (Phi) is 14.0. The first-order valence-electron chi connectivity index (χ1n) is 17.3. The molecule has 55 heavy (non-hydrogen) atoms. The maximum Gasteiger partial charge on any atom is 0.416 e. The Morgan fingerprint density at radius 3 is 1.91 bits per heavy atom. The van der Waals surface area contributed by atoms with Crippen LogP contribution in [-0.2, 0) is 46.1 Å². The predicted molar refractivity (Wildman–Crippen MR) is 185 cm³/mol. The second-order valence-corrected chi connectivity index (χ2v) is 15.9. The van der Waals surface area contributed by atoms with Gasteiger partial charge in [-0.2, -0.15) is 39.5 Å². The molecule has 3 aromatic rings. The van der Waals surface area contributed by atoms with Crippen LogP contribution < -0.4 is 14.5 Å². The van der Waals surface area contributed by atoms with Gasteiger partial charge in [-0.3, -0.25) is 4.79 Å². The Labute approximate surface area is 312 Å². The van der Waals surface area contributed by atoms with Crippen molar-refractivity contribution in [2.45, 2.75) is 70.5 Å². The van der Waals surface area contributed by atoms with Crippen molar-refractivity contribution >= 4 is 27.4 Å². The third-order valence-electron chi connectivity index (χ3n) is 9.34. The van der Waals surface area contributed by atoms with Crippen molar-refractivity contribution in [2.24, 2.45) is 11.8 Å². The Morgan fingerprint density at radius 2 is 1.40 bits per heavy atom. The summed E-state index contributed by atoms with van der Waals surface area (Å²) in [6, 6.07) is 4.33. The van der Waals surface area contributed by atoms with Gasteiger partial charge in [0.1, 0.15) is 6.61 Å². The number of alkyl halides is 9. The number of hydrogen-bond acceptors (Lipinski definition) is 8. The third kappa shape index (κ3) is 13.2. The van der Waals surface area contributed by atoms with Crippen LogP contribution in [0.1, 0.15) is 66.8 Å². The van der Waals surface area contributed by atoms with Crippen LogP contribution in [0.15, 0.2) is 48.8 Å². The average molecular weight is 813 g/mol. The second-order valence-electron chi connectivity index (χ2n) is 13.6. The van der Waals surface area contributed by atoms with E-state index in [0.717, 1.165) is 30.8 Å². The number of carboxylic acids is 1. The lowest BCUT2D eigenvalue weighted by atomic mass is 9.80. The summed E-state index contributed by atoms with van der Waals surface area (Å²) in [6.45, 7) is 1.70. The SMILES string of the molecule is CCN(CC1CCC(CC(=O)O)CC1)c1ccc(C(F)(F)F)cc1CN(CCc1cc(C(F)(F)F)cc(C(F)(F)F)c1)c1ncc(OCCS(C)(=O)=O)cn1. The molecule has 0 unspecified atom stereocenters. The Bertz CT molecular complexity index is 1830. The molecule has 1 aliphatic rings. The number of carboxylic acid groups (broad SMARTS) is 1. The molecule has 4 rings (SSSR count). The summed E-state index contributed by atoms with van der Waals surface area (Å²) in [4.78, 5) is 22.8. The number of aromatic nitrogens is 2. The summed E-state index contributed by atoms with van der Waals surface area (Å²) in [5, 5.41) is 9.18. The van der Waals surface area contributed by atoms with Gasteiger partial charge in [0.25, 0.3) is 0 Å². The van der Waals surface area contributed by atoms with Gasteiger partial charge >= 0.3 is 24.5 Å². The molecule has 0 saturated heterocycles. The van der Waals surface area contributed by atoms with E-state index in [0.29, 0.717) is 56.6 Å². The molecule has 1 aromatic heterocycles. The highest BCUT2D eigenvalue weighted by atomic mass is 32.2. The van der Waals surface area contributed by atoms with E-state index in [4.69, 9.17) is 4.74 Å². The number of rotatable bonds is 16. The van der Waals surface area contributed by atoms with E-state index in [1.807, 2.05) is 11.8 Å². The monoisotopic (exact) mass is 812 g/mol. The number of anilines is 2. The van der Waals surface area contributed by atoms with Crippen molar-refractivity contribution < 1.29 is 62.6 Å². The maximum atomic E-state index is 14.1. The number of hydrogen-bond donors (Lipinski definition) is 1. The lowest BCUT2D eigenvalue weighted by Crippen LogP contribution is -2.34. The summed E-state index contributed by atoms with van der Waals surface area (Å²) >= 11 is 0. The van der Waals surface area contributed by atoms with Crippen molar-refractivity contribution in [2.75, 3.05) is 48.0 Å². The topological polar surface area (TPSA) is 113 Å². The molecule has 0 aliphatic heterocycles. The summed E-state index contributed by atoms with van der Waals surface area (Å²) in [7, 11) is -3.37. The van der Waals surface area contributed by atoms with Crippen molar-refractivity contribution in [3.05, 3.63) is 76.6 Å². The van der Waals surface area contributed by atoms with Gasteiger partial charge in [-0.15, -0.1) is 0 Å². The molecule has 304 valence electrons. The summed E-state index contributed by atoms with van der Waals surface area (Å²) < 4.78 is 152. The minimum absolute atomic E-state index is 0.000244. The number of sulfone groups is 1. The molecule has 1 aliphatic carbocycles. The Morgan fingerprint density at radius 1 is 0.836 bits per heavy atom. The molecule has 0 spiro atoms. The zero-order valence-corrected chi connectivity index (χ0v) is 30.8. The molecule has 0 amide bonds. The molecule has 1 N–H and O–H groups in total. The fourth-order valence-corrected chi connectivity index (χ4v) is 6.90. The van der Waals surface area contributed by atoms with Gasteiger partial charge in [-0.25, -0.2) is 18.4 Å². The number of carbonyl (C=O) groups is 1. The molecular formula is C36H41F9N4O5S. The Balaban J connectivity index is 1.71. The number of halogens is 9. The number of ether oxygens (including phenoxy) is 1. The van der Waals surface area contributed by atoms with Gasteiger partial charge in [0.15, 0.2) is 15.6 Å². The largest absolute Gasteiger partial charge is 0.489 e.